The fourth-order valence-corrected chi connectivity index (χ4v) is 3.53. The van der Waals surface area contributed by atoms with Gasteiger partial charge < -0.3 is 11.1 Å². The zero-order chi connectivity index (χ0) is 14.1. The SMILES string of the molecule is Nc1cc(CN2CCC3NC(=O)CCC3C2)ccc1Br. The molecule has 2 heterocycles. The fraction of sp³-hybridized carbons (Fsp3) is 0.533. The van der Waals surface area contributed by atoms with E-state index in [1.807, 2.05) is 12.1 Å². The van der Waals surface area contributed by atoms with Gasteiger partial charge in [-0.05, 0) is 52.4 Å². The molecule has 3 N–H and O–H groups in total. The molecule has 2 unspecified atom stereocenters. The smallest absolute Gasteiger partial charge is 0.220 e. The summed E-state index contributed by atoms with van der Waals surface area (Å²) in [6.45, 7) is 3.05. The van der Waals surface area contributed by atoms with Gasteiger partial charge in [0.05, 0.1) is 0 Å². The number of halogens is 1. The van der Waals surface area contributed by atoms with Crippen molar-refractivity contribution in [2.75, 3.05) is 18.8 Å². The average molecular weight is 338 g/mol. The number of benzene rings is 1. The van der Waals surface area contributed by atoms with E-state index >= 15 is 0 Å². The highest BCUT2D eigenvalue weighted by Gasteiger charge is 2.33. The minimum atomic E-state index is 0.223. The van der Waals surface area contributed by atoms with Crippen LogP contribution in [0.2, 0.25) is 0 Å². The average Bonchev–Trinajstić information content (AvgIpc) is 2.43. The third-order valence-electron chi connectivity index (χ3n) is 4.37. The van der Waals surface area contributed by atoms with Gasteiger partial charge >= 0.3 is 0 Å². The molecule has 0 aliphatic carbocycles. The first-order valence-electron chi connectivity index (χ1n) is 7.17. The second kappa shape index (κ2) is 5.74. The molecule has 2 aliphatic rings. The summed E-state index contributed by atoms with van der Waals surface area (Å²) in [4.78, 5) is 13.9. The van der Waals surface area contributed by atoms with Crippen molar-refractivity contribution in [3.8, 4) is 0 Å². The number of hydrogen-bond donors (Lipinski definition) is 2. The second-order valence-electron chi connectivity index (χ2n) is 5.85. The first kappa shape index (κ1) is 13.9. The molecule has 0 bridgehead atoms. The third-order valence-corrected chi connectivity index (χ3v) is 5.10. The van der Waals surface area contributed by atoms with Gasteiger partial charge in [-0.1, -0.05) is 6.07 Å². The predicted molar refractivity (Wildman–Crippen MR) is 83.1 cm³/mol. The van der Waals surface area contributed by atoms with Gasteiger partial charge in [0.15, 0.2) is 0 Å². The summed E-state index contributed by atoms with van der Waals surface area (Å²) in [6.07, 6.45) is 2.76. The van der Waals surface area contributed by atoms with Crippen LogP contribution in [-0.2, 0) is 11.3 Å². The summed E-state index contributed by atoms with van der Waals surface area (Å²) in [5.41, 5.74) is 7.98. The molecule has 0 radical (unpaired) electrons. The number of piperidine rings is 2. The Bertz CT molecular complexity index is 520. The Labute approximate surface area is 127 Å². The number of carbonyl (C=O) groups is 1. The molecule has 1 aromatic rings. The number of nitrogens with zero attached hydrogens (tertiary/aromatic N) is 1. The van der Waals surface area contributed by atoms with Gasteiger partial charge in [0, 0.05) is 42.3 Å². The number of nitrogens with two attached hydrogens (primary N) is 1. The first-order valence-corrected chi connectivity index (χ1v) is 7.97. The van der Waals surface area contributed by atoms with Crippen LogP contribution in [-0.4, -0.2) is 29.9 Å². The third kappa shape index (κ3) is 2.99. The first-order chi connectivity index (χ1) is 9.61. The van der Waals surface area contributed by atoms with E-state index in [2.05, 4.69) is 32.2 Å². The van der Waals surface area contributed by atoms with E-state index in [1.54, 1.807) is 0 Å². The zero-order valence-corrected chi connectivity index (χ0v) is 13.0. The second-order valence-corrected chi connectivity index (χ2v) is 6.71. The topological polar surface area (TPSA) is 58.4 Å². The number of nitrogen functional groups attached to an aromatic ring is 1. The molecule has 0 spiro atoms. The van der Waals surface area contributed by atoms with Crippen LogP contribution >= 0.6 is 15.9 Å². The van der Waals surface area contributed by atoms with Crippen molar-refractivity contribution in [3.05, 3.63) is 28.2 Å². The molecule has 1 aromatic carbocycles. The van der Waals surface area contributed by atoms with Gasteiger partial charge in [0.1, 0.15) is 0 Å². The Balaban J connectivity index is 1.62. The molecule has 0 saturated carbocycles. The quantitative estimate of drug-likeness (QED) is 0.813. The number of rotatable bonds is 2. The van der Waals surface area contributed by atoms with Crippen LogP contribution in [0.5, 0.6) is 0 Å². The van der Waals surface area contributed by atoms with Gasteiger partial charge in [0.25, 0.3) is 0 Å². The summed E-state index contributed by atoms with van der Waals surface area (Å²) in [5, 5.41) is 3.13. The lowest BCUT2D eigenvalue weighted by molar-refractivity contribution is -0.125. The maximum Gasteiger partial charge on any atom is 0.220 e. The van der Waals surface area contributed by atoms with Crippen LogP contribution in [0, 0.1) is 5.92 Å². The van der Waals surface area contributed by atoms with Crippen LogP contribution < -0.4 is 11.1 Å². The molecule has 2 saturated heterocycles. The van der Waals surface area contributed by atoms with E-state index in [0.29, 0.717) is 18.4 Å². The van der Waals surface area contributed by atoms with Crippen LogP contribution in [0.3, 0.4) is 0 Å². The highest BCUT2D eigenvalue weighted by atomic mass is 79.9. The van der Waals surface area contributed by atoms with Gasteiger partial charge in [-0.25, -0.2) is 0 Å². The van der Waals surface area contributed by atoms with Crippen LogP contribution in [0.25, 0.3) is 0 Å². The molecule has 3 rings (SSSR count). The normalized spacial score (nSPS) is 26.9. The number of carbonyl (C=O) groups excluding carboxylic acids is 1. The number of likely N-dealkylation sites (tertiary alicyclic amines) is 1. The maximum absolute atomic E-state index is 11.4. The largest absolute Gasteiger partial charge is 0.398 e. The van der Waals surface area contributed by atoms with Gasteiger partial charge in [-0.15, -0.1) is 0 Å². The Morgan fingerprint density at radius 1 is 1.40 bits per heavy atom. The van der Waals surface area contributed by atoms with E-state index in [-0.39, 0.29) is 5.91 Å². The molecule has 20 heavy (non-hydrogen) atoms. The molecular weight excluding hydrogens is 318 g/mol. The lowest BCUT2D eigenvalue weighted by atomic mass is 9.85. The number of nitrogens with one attached hydrogen (secondary N) is 1. The summed E-state index contributed by atoms with van der Waals surface area (Å²) < 4.78 is 0.954. The molecule has 108 valence electrons. The van der Waals surface area contributed by atoms with E-state index in [0.717, 1.165) is 42.6 Å². The molecular formula is C15H20BrN3O. The summed E-state index contributed by atoms with van der Waals surface area (Å²) in [6, 6.07) is 6.56. The number of amides is 1. The summed E-state index contributed by atoms with van der Waals surface area (Å²) >= 11 is 3.43. The number of fused-ring (bicyclic) bond motifs is 1. The number of anilines is 1. The molecule has 2 aliphatic heterocycles. The van der Waals surface area contributed by atoms with Crippen molar-refractivity contribution in [1.82, 2.24) is 10.2 Å². The van der Waals surface area contributed by atoms with Crippen LogP contribution in [0.1, 0.15) is 24.8 Å². The molecule has 0 aromatic heterocycles. The maximum atomic E-state index is 11.4. The minimum Gasteiger partial charge on any atom is -0.398 e. The Hall–Kier alpha value is -1.07. The van der Waals surface area contributed by atoms with Crippen molar-refractivity contribution in [3.63, 3.8) is 0 Å². The van der Waals surface area contributed by atoms with Crippen molar-refractivity contribution >= 4 is 27.5 Å². The van der Waals surface area contributed by atoms with Gasteiger partial charge in [0.2, 0.25) is 5.91 Å². The Morgan fingerprint density at radius 3 is 3.05 bits per heavy atom. The van der Waals surface area contributed by atoms with Crippen LogP contribution in [0.4, 0.5) is 5.69 Å². The molecule has 4 nitrogen and oxygen atoms in total. The van der Waals surface area contributed by atoms with Crippen molar-refractivity contribution in [1.29, 1.82) is 0 Å². The minimum absolute atomic E-state index is 0.223. The Morgan fingerprint density at radius 2 is 2.25 bits per heavy atom. The lowest BCUT2D eigenvalue weighted by Gasteiger charge is -2.41. The predicted octanol–water partition coefficient (Wildman–Crippen LogP) is 2.13. The van der Waals surface area contributed by atoms with Crippen molar-refractivity contribution in [2.45, 2.75) is 31.8 Å². The highest BCUT2D eigenvalue weighted by Crippen LogP contribution is 2.27. The number of hydrogen-bond acceptors (Lipinski definition) is 3. The molecule has 5 heteroatoms. The zero-order valence-electron chi connectivity index (χ0n) is 11.4. The molecule has 1 amide bonds. The Kier molecular flexibility index (Phi) is 3.98. The van der Waals surface area contributed by atoms with Crippen LogP contribution in [0.15, 0.2) is 22.7 Å². The van der Waals surface area contributed by atoms with E-state index in [9.17, 15) is 4.79 Å². The standard InChI is InChI=1S/C15H20BrN3O/c16-12-3-1-10(7-13(12)17)8-19-6-5-14-11(9-19)2-4-15(20)18-14/h1,3,7,11,14H,2,4-6,8-9,17H2,(H,18,20). The van der Waals surface area contributed by atoms with E-state index in [1.165, 1.54) is 5.56 Å². The monoisotopic (exact) mass is 337 g/mol. The van der Waals surface area contributed by atoms with Gasteiger partial charge in [-0.2, -0.15) is 0 Å². The van der Waals surface area contributed by atoms with E-state index in [4.69, 9.17) is 5.73 Å². The summed E-state index contributed by atoms with van der Waals surface area (Å²) in [5.74, 6) is 0.828. The van der Waals surface area contributed by atoms with Crippen molar-refractivity contribution < 1.29 is 4.79 Å². The van der Waals surface area contributed by atoms with E-state index < -0.39 is 0 Å². The lowest BCUT2D eigenvalue weighted by Crippen LogP contribution is -2.53. The summed E-state index contributed by atoms with van der Waals surface area (Å²) in [7, 11) is 0. The fourth-order valence-electron chi connectivity index (χ4n) is 3.28. The van der Waals surface area contributed by atoms with Crippen molar-refractivity contribution in [2.24, 2.45) is 5.92 Å². The highest BCUT2D eigenvalue weighted by molar-refractivity contribution is 9.10. The molecule has 2 atom stereocenters. The molecule has 2 fully saturated rings. The van der Waals surface area contributed by atoms with Gasteiger partial charge in [-0.3, -0.25) is 9.69 Å².